The molecule has 0 aliphatic rings. The summed E-state index contributed by atoms with van der Waals surface area (Å²) in [6.45, 7) is 2.96. The number of rotatable bonds is 6. The van der Waals surface area contributed by atoms with Crippen LogP contribution in [-0.4, -0.2) is 25.7 Å². The molecule has 0 saturated carbocycles. The molecule has 0 saturated heterocycles. The van der Waals surface area contributed by atoms with Crippen molar-refractivity contribution in [1.82, 2.24) is 10.6 Å². The zero-order valence-electron chi connectivity index (χ0n) is 11.4. The number of esters is 1. The number of nitrogens with one attached hydrogen (secondary N) is 2. The number of aryl methyl sites for hydroxylation is 1. The van der Waals surface area contributed by atoms with Gasteiger partial charge in [0.15, 0.2) is 0 Å². The van der Waals surface area contributed by atoms with Gasteiger partial charge in [-0.2, -0.15) is 0 Å². The highest BCUT2D eigenvalue weighted by molar-refractivity contribution is 5.74. The van der Waals surface area contributed by atoms with Crippen molar-refractivity contribution in [2.75, 3.05) is 13.7 Å². The average molecular weight is 264 g/mol. The molecule has 0 aliphatic heterocycles. The van der Waals surface area contributed by atoms with E-state index in [1.807, 2.05) is 31.2 Å². The van der Waals surface area contributed by atoms with Gasteiger partial charge in [0.05, 0.1) is 7.11 Å². The fourth-order valence-corrected chi connectivity index (χ4v) is 1.49. The van der Waals surface area contributed by atoms with E-state index in [2.05, 4.69) is 15.4 Å². The first-order valence-corrected chi connectivity index (χ1v) is 6.26. The number of hydrogen-bond acceptors (Lipinski definition) is 3. The molecular formula is C14H20N2O3. The first-order chi connectivity index (χ1) is 9.11. The first-order valence-electron chi connectivity index (χ1n) is 6.26. The van der Waals surface area contributed by atoms with E-state index in [0.29, 0.717) is 25.9 Å². The van der Waals surface area contributed by atoms with Crippen LogP contribution >= 0.6 is 0 Å². The van der Waals surface area contributed by atoms with Crippen molar-refractivity contribution >= 4 is 12.0 Å². The molecular weight excluding hydrogens is 244 g/mol. The first kappa shape index (κ1) is 15.0. The normalized spacial score (nSPS) is 9.79. The van der Waals surface area contributed by atoms with Crippen molar-refractivity contribution in [3.8, 4) is 0 Å². The molecule has 104 valence electrons. The third kappa shape index (κ3) is 6.45. The predicted molar refractivity (Wildman–Crippen MR) is 72.7 cm³/mol. The molecule has 2 amide bonds. The van der Waals surface area contributed by atoms with Crippen molar-refractivity contribution in [2.45, 2.75) is 26.3 Å². The smallest absolute Gasteiger partial charge is 0.315 e. The Morgan fingerprint density at radius 3 is 2.47 bits per heavy atom. The number of benzene rings is 1. The number of hydrogen-bond donors (Lipinski definition) is 2. The summed E-state index contributed by atoms with van der Waals surface area (Å²) >= 11 is 0. The summed E-state index contributed by atoms with van der Waals surface area (Å²) in [7, 11) is 1.35. The van der Waals surface area contributed by atoms with Crippen molar-refractivity contribution in [3.63, 3.8) is 0 Å². The summed E-state index contributed by atoms with van der Waals surface area (Å²) < 4.78 is 4.50. The summed E-state index contributed by atoms with van der Waals surface area (Å²) in [6.07, 6.45) is 0.888. The molecule has 0 spiro atoms. The molecule has 0 atom stereocenters. The van der Waals surface area contributed by atoms with E-state index in [0.717, 1.165) is 5.56 Å². The lowest BCUT2D eigenvalue weighted by Gasteiger charge is -2.07. The fourth-order valence-electron chi connectivity index (χ4n) is 1.49. The molecule has 5 nitrogen and oxygen atoms in total. The van der Waals surface area contributed by atoms with Gasteiger partial charge < -0.3 is 15.4 Å². The Kier molecular flexibility index (Phi) is 6.43. The van der Waals surface area contributed by atoms with Crippen LogP contribution in [0.2, 0.25) is 0 Å². The Morgan fingerprint density at radius 1 is 1.16 bits per heavy atom. The maximum absolute atomic E-state index is 11.5. The van der Waals surface area contributed by atoms with Crippen molar-refractivity contribution in [3.05, 3.63) is 35.4 Å². The van der Waals surface area contributed by atoms with Crippen LogP contribution in [0.3, 0.4) is 0 Å². The zero-order chi connectivity index (χ0) is 14.1. The maximum atomic E-state index is 11.5. The van der Waals surface area contributed by atoms with Crippen LogP contribution < -0.4 is 10.6 Å². The van der Waals surface area contributed by atoms with E-state index >= 15 is 0 Å². The van der Waals surface area contributed by atoms with Gasteiger partial charge in [-0.3, -0.25) is 4.79 Å². The van der Waals surface area contributed by atoms with E-state index < -0.39 is 0 Å². The molecule has 1 aromatic rings. The van der Waals surface area contributed by atoms with Crippen molar-refractivity contribution in [2.24, 2.45) is 0 Å². The molecule has 0 unspecified atom stereocenters. The summed E-state index contributed by atoms with van der Waals surface area (Å²) in [6, 6.07) is 7.74. The average Bonchev–Trinajstić information content (AvgIpc) is 2.42. The van der Waals surface area contributed by atoms with E-state index in [9.17, 15) is 9.59 Å². The van der Waals surface area contributed by atoms with Crippen molar-refractivity contribution < 1.29 is 14.3 Å². The topological polar surface area (TPSA) is 67.4 Å². The number of ether oxygens (including phenoxy) is 1. The lowest BCUT2D eigenvalue weighted by atomic mass is 10.1. The van der Waals surface area contributed by atoms with Crippen molar-refractivity contribution in [1.29, 1.82) is 0 Å². The summed E-state index contributed by atoms with van der Waals surface area (Å²) in [5.41, 5.74) is 2.24. The Bertz CT molecular complexity index is 415. The van der Waals surface area contributed by atoms with E-state index in [4.69, 9.17) is 0 Å². The SMILES string of the molecule is COC(=O)CCCNC(=O)NCc1ccc(C)cc1. The van der Waals surface area contributed by atoms with Gasteiger partial charge in [-0.05, 0) is 18.9 Å². The largest absolute Gasteiger partial charge is 0.469 e. The Morgan fingerprint density at radius 2 is 1.84 bits per heavy atom. The monoisotopic (exact) mass is 264 g/mol. The molecule has 0 fully saturated rings. The van der Waals surface area contributed by atoms with E-state index in [-0.39, 0.29) is 12.0 Å². The molecule has 0 aliphatic carbocycles. The second-order valence-corrected chi connectivity index (χ2v) is 4.27. The van der Waals surface area contributed by atoms with Crippen LogP contribution in [-0.2, 0) is 16.1 Å². The van der Waals surface area contributed by atoms with Gasteiger partial charge in [-0.1, -0.05) is 29.8 Å². The highest BCUT2D eigenvalue weighted by Crippen LogP contribution is 2.02. The Balaban J connectivity index is 2.14. The molecule has 0 heterocycles. The number of carbonyl (C=O) groups is 2. The third-order valence-electron chi connectivity index (χ3n) is 2.64. The van der Waals surface area contributed by atoms with Crippen LogP contribution in [0.5, 0.6) is 0 Å². The van der Waals surface area contributed by atoms with E-state index in [1.165, 1.54) is 12.7 Å². The lowest BCUT2D eigenvalue weighted by Crippen LogP contribution is -2.35. The molecule has 1 aromatic carbocycles. The molecule has 2 N–H and O–H groups in total. The maximum Gasteiger partial charge on any atom is 0.315 e. The fraction of sp³-hybridized carbons (Fsp3) is 0.429. The molecule has 0 aromatic heterocycles. The summed E-state index contributed by atoms with van der Waals surface area (Å²) in [4.78, 5) is 22.3. The number of amides is 2. The van der Waals surface area contributed by atoms with Crippen LogP contribution in [0.1, 0.15) is 24.0 Å². The second-order valence-electron chi connectivity index (χ2n) is 4.27. The van der Waals surface area contributed by atoms with Gasteiger partial charge >= 0.3 is 12.0 Å². The van der Waals surface area contributed by atoms with Gasteiger partial charge in [0, 0.05) is 19.5 Å². The van der Waals surface area contributed by atoms with Gasteiger partial charge in [0.25, 0.3) is 0 Å². The second kappa shape index (κ2) is 8.13. The minimum atomic E-state index is -0.262. The zero-order valence-corrected chi connectivity index (χ0v) is 11.4. The minimum absolute atomic E-state index is 0.231. The highest BCUT2D eigenvalue weighted by atomic mass is 16.5. The number of carbonyl (C=O) groups excluding carboxylic acids is 2. The molecule has 0 bridgehead atoms. The molecule has 19 heavy (non-hydrogen) atoms. The highest BCUT2D eigenvalue weighted by Gasteiger charge is 2.02. The lowest BCUT2D eigenvalue weighted by molar-refractivity contribution is -0.140. The summed E-state index contributed by atoms with van der Waals surface area (Å²) in [5, 5.41) is 5.44. The molecule has 1 rings (SSSR count). The number of urea groups is 1. The minimum Gasteiger partial charge on any atom is -0.469 e. The van der Waals surface area contributed by atoms with Crippen LogP contribution in [0.4, 0.5) is 4.79 Å². The third-order valence-corrected chi connectivity index (χ3v) is 2.64. The Hall–Kier alpha value is -2.04. The predicted octanol–water partition coefficient (Wildman–Crippen LogP) is 1.75. The van der Waals surface area contributed by atoms with Gasteiger partial charge in [0.2, 0.25) is 0 Å². The van der Waals surface area contributed by atoms with Gasteiger partial charge in [-0.25, -0.2) is 4.79 Å². The van der Waals surface area contributed by atoms with E-state index in [1.54, 1.807) is 0 Å². The Labute approximate surface area is 113 Å². The van der Waals surface area contributed by atoms with Crippen LogP contribution in [0.15, 0.2) is 24.3 Å². The molecule has 0 radical (unpaired) electrons. The van der Waals surface area contributed by atoms with Gasteiger partial charge in [-0.15, -0.1) is 0 Å². The van der Waals surface area contributed by atoms with Crippen LogP contribution in [0.25, 0.3) is 0 Å². The number of methoxy groups -OCH3 is 1. The summed E-state index contributed by atoms with van der Waals surface area (Å²) in [5.74, 6) is -0.262. The standard InChI is InChI=1S/C14H20N2O3/c1-11-5-7-12(8-6-11)10-16-14(18)15-9-3-4-13(17)19-2/h5-8H,3-4,9-10H2,1-2H3,(H2,15,16,18). The molecule has 5 heteroatoms. The van der Waals surface area contributed by atoms with Crippen LogP contribution in [0, 0.1) is 6.92 Å². The quantitative estimate of drug-likeness (QED) is 0.607. The van der Waals surface area contributed by atoms with Gasteiger partial charge in [0.1, 0.15) is 0 Å².